The molecule has 3 aromatic rings. The van der Waals surface area contributed by atoms with Crippen LogP contribution < -0.4 is 15.4 Å². The Kier molecular flexibility index (Phi) is 7.86. The van der Waals surface area contributed by atoms with E-state index in [1.54, 1.807) is 42.5 Å². The van der Waals surface area contributed by atoms with Crippen molar-refractivity contribution >= 4 is 65.6 Å². The minimum Gasteiger partial charge on any atom is -0.508 e. The van der Waals surface area contributed by atoms with E-state index in [-0.39, 0.29) is 38.8 Å². The lowest BCUT2D eigenvalue weighted by atomic mass is 9.63. The molecule has 2 aromatic carbocycles. The third-order valence-corrected chi connectivity index (χ3v) is 11.1. The summed E-state index contributed by atoms with van der Waals surface area (Å²) in [6, 6.07) is 11.8. The van der Waals surface area contributed by atoms with Crippen molar-refractivity contribution in [2.75, 3.05) is 10.2 Å². The van der Waals surface area contributed by atoms with Crippen LogP contribution in [0.25, 0.3) is 0 Å². The number of rotatable bonds is 5. The second kappa shape index (κ2) is 11.2. The Morgan fingerprint density at radius 2 is 1.52 bits per heavy atom. The number of carbonyl (C=O) groups excluding carboxylic acids is 3. The molecule has 0 radical (unpaired) electrons. The number of primary sulfonamides is 1. The summed E-state index contributed by atoms with van der Waals surface area (Å²) in [5, 5.41) is 25.9. The second-order valence-electron chi connectivity index (χ2n) is 13.5. The average molecular weight is 727 g/mol. The van der Waals surface area contributed by atoms with E-state index in [0.717, 1.165) is 15.9 Å². The van der Waals surface area contributed by atoms with Crippen LogP contribution in [-0.2, 0) is 19.6 Å². The van der Waals surface area contributed by atoms with Gasteiger partial charge in [0, 0.05) is 62.6 Å². The Labute approximate surface area is 278 Å². The molecular weight excluding hydrogens is 694 g/mol. The van der Waals surface area contributed by atoms with Gasteiger partial charge in [-0.3, -0.25) is 19.7 Å². The van der Waals surface area contributed by atoms with Gasteiger partial charge < -0.3 is 10.0 Å². The summed E-state index contributed by atoms with van der Waals surface area (Å²) < 4.78 is 23.4. The molecule has 6 rings (SSSR count). The third kappa shape index (κ3) is 5.94. The number of hydrogen-bond donors (Lipinski definition) is 3. The van der Waals surface area contributed by atoms with Crippen LogP contribution in [0.2, 0.25) is 0 Å². The fourth-order valence-electron chi connectivity index (χ4n) is 6.65. The van der Waals surface area contributed by atoms with Crippen molar-refractivity contribution in [2.24, 2.45) is 16.0 Å². The van der Waals surface area contributed by atoms with Gasteiger partial charge in [0.15, 0.2) is 11.6 Å². The number of sulfonamides is 1. The molecule has 4 N–H and O–H groups in total. The number of benzene rings is 2. The average Bonchev–Trinajstić information content (AvgIpc) is 3.41. The first kappa shape index (κ1) is 32.2. The zero-order chi connectivity index (χ0) is 33.3. The third-order valence-electron chi connectivity index (χ3n) is 8.47. The number of aromatic nitrogens is 2. The molecule has 240 valence electrons. The number of nitrogens with two attached hydrogens (primary N) is 1. The number of anilines is 2. The summed E-state index contributed by atoms with van der Waals surface area (Å²) in [6.07, 6.45) is 1.70. The summed E-state index contributed by atoms with van der Waals surface area (Å²) >= 11 is 4.15. The summed E-state index contributed by atoms with van der Waals surface area (Å²) in [5.41, 5.74) is 3.29. The predicted molar refractivity (Wildman–Crippen MR) is 177 cm³/mol. The van der Waals surface area contributed by atoms with Crippen LogP contribution >= 0.6 is 27.3 Å². The number of phenolic OH excluding ortho intramolecular Hbond substituents is 1. The summed E-state index contributed by atoms with van der Waals surface area (Å²) in [6.45, 7) is 8.17. The van der Waals surface area contributed by atoms with Gasteiger partial charge in [-0.15, -0.1) is 10.2 Å². The minimum absolute atomic E-state index is 0.0117. The number of allylic oxidation sites excluding steroid dienone is 4. The molecule has 0 saturated heterocycles. The first-order valence-corrected chi connectivity index (χ1v) is 17.7. The smallest absolute Gasteiger partial charge is 0.267 e. The maximum absolute atomic E-state index is 14.1. The summed E-state index contributed by atoms with van der Waals surface area (Å²) in [5.74, 6) is -1.38. The number of aromatic hydroxyl groups is 1. The molecule has 14 heteroatoms. The number of halogens is 1. The van der Waals surface area contributed by atoms with Crippen molar-refractivity contribution in [1.82, 2.24) is 10.2 Å². The van der Waals surface area contributed by atoms with Gasteiger partial charge in [-0.1, -0.05) is 55.0 Å². The number of carbonyl (C=O) groups is 3. The van der Waals surface area contributed by atoms with Gasteiger partial charge in [-0.05, 0) is 66.1 Å². The van der Waals surface area contributed by atoms with E-state index in [1.165, 1.54) is 0 Å². The molecule has 0 spiro atoms. The fourth-order valence-corrected chi connectivity index (χ4v) is 8.36. The number of nitrogens with zero attached hydrogens (tertiary/aromatic N) is 3. The van der Waals surface area contributed by atoms with Crippen LogP contribution in [0, 0.1) is 10.8 Å². The highest BCUT2D eigenvalue weighted by Crippen LogP contribution is 2.56. The lowest BCUT2D eigenvalue weighted by Gasteiger charge is -2.49. The van der Waals surface area contributed by atoms with Crippen molar-refractivity contribution in [2.45, 2.75) is 63.6 Å². The standard InChI is InChI=1S/C32H32BrN5O6S2/c1-31(2)12-20-26(23(40)14-31)25(19-11-17(33)7-10-22(19)39)27-21(13-32(3,4)15-24(27)41)38(20)18-8-5-16(6-9-18)28(42)35-29-36-37-30(45-29)46(34,43)44/h5-11,25,39H,12-15H2,1-4H3,(H2,34,43,44)(H,35,36,42). The van der Waals surface area contributed by atoms with E-state index >= 15 is 0 Å². The SMILES string of the molecule is CC1(C)CC(=O)C2=C(C1)N(c1ccc(C(=O)Nc3nnc(S(N)(=O)=O)s3)cc1)C1=C(C(=O)CC(C)(C)C1)C2c1cc(Br)ccc1O. The van der Waals surface area contributed by atoms with Gasteiger partial charge in [0.2, 0.25) is 9.47 Å². The van der Waals surface area contributed by atoms with E-state index in [9.17, 15) is 27.9 Å². The Bertz CT molecular complexity index is 1940. The largest absolute Gasteiger partial charge is 0.508 e. The topological polar surface area (TPSA) is 173 Å². The molecule has 0 unspecified atom stereocenters. The molecule has 3 aliphatic rings. The van der Waals surface area contributed by atoms with E-state index in [1.807, 2.05) is 32.6 Å². The Balaban J connectivity index is 1.47. The van der Waals surface area contributed by atoms with Crippen molar-refractivity contribution in [3.63, 3.8) is 0 Å². The number of Topliss-reactive ketones (excluding diaryl/α,β-unsaturated/α-hetero) is 2. The lowest BCUT2D eigenvalue weighted by Crippen LogP contribution is -2.44. The summed E-state index contributed by atoms with van der Waals surface area (Å²) in [7, 11) is -4.06. The molecule has 0 bridgehead atoms. The summed E-state index contributed by atoms with van der Waals surface area (Å²) in [4.78, 5) is 43.2. The zero-order valence-corrected chi connectivity index (χ0v) is 28.8. The van der Waals surface area contributed by atoms with Crippen LogP contribution in [0.4, 0.5) is 10.8 Å². The Morgan fingerprint density at radius 3 is 2.04 bits per heavy atom. The maximum Gasteiger partial charge on any atom is 0.267 e. The molecule has 2 heterocycles. The molecule has 1 aromatic heterocycles. The van der Waals surface area contributed by atoms with Crippen LogP contribution in [-0.4, -0.2) is 41.2 Å². The van der Waals surface area contributed by atoms with E-state index in [0.29, 0.717) is 59.4 Å². The fraction of sp³-hybridized carbons (Fsp3) is 0.344. The molecular formula is C32H32BrN5O6S2. The molecule has 2 aliphatic carbocycles. The van der Waals surface area contributed by atoms with Gasteiger partial charge >= 0.3 is 0 Å². The first-order chi connectivity index (χ1) is 21.4. The van der Waals surface area contributed by atoms with Gasteiger partial charge in [0.05, 0.1) is 0 Å². The van der Waals surface area contributed by atoms with Crippen LogP contribution in [0.15, 0.2) is 73.8 Å². The molecule has 46 heavy (non-hydrogen) atoms. The molecule has 0 saturated carbocycles. The maximum atomic E-state index is 14.1. The molecule has 1 amide bonds. The van der Waals surface area contributed by atoms with Crippen molar-refractivity contribution in [3.8, 4) is 5.75 Å². The van der Waals surface area contributed by atoms with Crippen molar-refractivity contribution in [1.29, 1.82) is 0 Å². The van der Waals surface area contributed by atoms with Gasteiger partial charge in [-0.25, -0.2) is 13.6 Å². The molecule has 11 nitrogen and oxygen atoms in total. The first-order valence-electron chi connectivity index (χ1n) is 14.5. The molecule has 0 fully saturated rings. The van der Waals surface area contributed by atoms with E-state index in [4.69, 9.17) is 5.14 Å². The van der Waals surface area contributed by atoms with E-state index < -0.39 is 26.2 Å². The Hall–Kier alpha value is -3.72. The Morgan fingerprint density at radius 1 is 0.957 bits per heavy atom. The van der Waals surface area contributed by atoms with Gasteiger partial charge in [0.25, 0.3) is 15.9 Å². The lowest BCUT2D eigenvalue weighted by molar-refractivity contribution is -0.119. The highest BCUT2D eigenvalue weighted by atomic mass is 79.9. The molecule has 1 aliphatic heterocycles. The second-order valence-corrected chi connectivity index (χ2v) is 17.1. The molecule has 0 atom stereocenters. The highest BCUT2D eigenvalue weighted by molar-refractivity contribution is 9.10. The van der Waals surface area contributed by atoms with E-state index in [2.05, 4.69) is 31.4 Å². The van der Waals surface area contributed by atoms with Crippen LogP contribution in [0.3, 0.4) is 0 Å². The quantitative estimate of drug-likeness (QED) is 0.275. The van der Waals surface area contributed by atoms with Crippen LogP contribution in [0.1, 0.15) is 75.2 Å². The highest BCUT2D eigenvalue weighted by Gasteiger charge is 2.50. The van der Waals surface area contributed by atoms with Gasteiger partial charge in [0.1, 0.15) is 5.75 Å². The monoisotopic (exact) mass is 725 g/mol. The van der Waals surface area contributed by atoms with Crippen molar-refractivity contribution < 1.29 is 27.9 Å². The number of hydrogen-bond acceptors (Lipinski definition) is 10. The zero-order valence-electron chi connectivity index (χ0n) is 25.5. The number of ketones is 2. The number of phenols is 1. The van der Waals surface area contributed by atoms with Gasteiger partial charge in [-0.2, -0.15) is 0 Å². The number of nitrogens with one attached hydrogen (secondary N) is 1. The number of amides is 1. The van der Waals surface area contributed by atoms with Crippen LogP contribution in [0.5, 0.6) is 5.75 Å². The normalized spacial score (nSPS) is 19.7. The minimum atomic E-state index is -4.06. The predicted octanol–water partition coefficient (Wildman–Crippen LogP) is 5.80. The van der Waals surface area contributed by atoms with Crippen molar-refractivity contribution in [3.05, 3.63) is 80.6 Å².